The van der Waals surface area contributed by atoms with Crippen LogP contribution < -0.4 is 10.6 Å². The molecule has 0 aliphatic rings. The number of anilines is 1. The SMILES string of the molecule is Cn1nc(C(=O)NCCO)cc1NC(=O)Cc1ccccc1. The third-order valence-corrected chi connectivity index (χ3v) is 2.98. The second kappa shape index (κ2) is 7.37. The Morgan fingerprint density at radius 3 is 2.68 bits per heavy atom. The van der Waals surface area contributed by atoms with E-state index in [4.69, 9.17) is 5.11 Å². The maximum absolute atomic E-state index is 12.0. The Hall–Kier alpha value is -2.67. The van der Waals surface area contributed by atoms with Gasteiger partial charge in [0.1, 0.15) is 5.82 Å². The lowest BCUT2D eigenvalue weighted by Gasteiger charge is -2.04. The highest BCUT2D eigenvalue weighted by Crippen LogP contribution is 2.10. The fourth-order valence-corrected chi connectivity index (χ4v) is 1.92. The van der Waals surface area contributed by atoms with Crippen molar-refractivity contribution in [1.82, 2.24) is 15.1 Å². The molecule has 0 unspecified atom stereocenters. The van der Waals surface area contributed by atoms with E-state index in [2.05, 4.69) is 15.7 Å². The van der Waals surface area contributed by atoms with E-state index in [-0.39, 0.29) is 31.2 Å². The number of amides is 2. The van der Waals surface area contributed by atoms with E-state index < -0.39 is 5.91 Å². The first-order chi connectivity index (χ1) is 10.6. The van der Waals surface area contributed by atoms with Crippen molar-refractivity contribution in [1.29, 1.82) is 0 Å². The summed E-state index contributed by atoms with van der Waals surface area (Å²) in [6, 6.07) is 10.9. The summed E-state index contributed by atoms with van der Waals surface area (Å²) in [6.07, 6.45) is 0.248. The Balaban J connectivity index is 1.99. The van der Waals surface area contributed by atoms with E-state index in [0.717, 1.165) is 5.56 Å². The fraction of sp³-hybridized carbons (Fsp3) is 0.267. The number of aromatic nitrogens is 2. The van der Waals surface area contributed by atoms with Gasteiger partial charge in [-0.3, -0.25) is 14.3 Å². The third-order valence-electron chi connectivity index (χ3n) is 2.98. The number of aliphatic hydroxyl groups excluding tert-OH is 1. The molecule has 0 atom stereocenters. The molecular weight excluding hydrogens is 284 g/mol. The van der Waals surface area contributed by atoms with Gasteiger partial charge < -0.3 is 15.7 Å². The molecule has 1 aromatic carbocycles. The lowest BCUT2D eigenvalue weighted by atomic mass is 10.1. The molecular formula is C15H18N4O3. The number of nitrogens with one attached hydrogen (secondary N) is 2. The van der Waals surface area contributed by atoms with Crippen molar-refractivity contribution in [2.45, 2.75) is 6.42 Å². The Labute approximate surface area is 128 Å². The van der Waals surface area contributed by atoms with Gasteiger partial charge >= 0.3 is 0 Å². The van der Waals surface area contributed by atoms with Crippen molar-refractivity contribution in [3.8, 4) is 0 Å². The predicted octanol–water partition coefficient (Wildman–Crippen LogP) is 0.323. The van der Waals surface area contributed by atoms with Crippen LogP contribution in [0, 0.1) is 0 Å². The van der Waals surface area contributed by atoms with Crippen LogP contribution in [0.25, 0.3) is 0 Å². The van der Waals surface area contributed by atoms with Gasteiger partial charge in [0.15, 0.2) is 5.69 Å². The largest absolute Gasteiger partial charge is 0.395 e. The third kappa shape index (κ3) is 4.16. The van der Waals surface area contributed by atoms with E-state index in [1.54, 1.807) is 7.05 Å². The number of carbonyl (C=O) groups is 2. The van der Waals surface area contributed by atoms with Gasteiger partial charge in [0.05, 0.1) is 13.0 Å². The lowest BCUT2D eigenvalue weighted by molar-refractivity contribution is -0.115. The number of aryl methyl sites for hydroxylation is 1. The molecule has 2 amide bonds. The zero-order valence-electron chi connectivity index (χ0n) is 12.2. The Kier molecular flexibility index (Phi) is 5.26. The number of carbonyl (C=O) groups excluding carboxylic acids is 2. The fourth-order valence-electron chi connectivity index (χ4n) is 1.92. The molecule has 2 aromatic rings. The van der Waals surface area contributed by atoms with E-state index in [9.17, 15) is 9.59 Å². The molecule has 0 bridgehead atoms. The zero-order valence-corrected chi connectivity index (χ0v) is 12.2. The number of aliphatic hydroxyl groups is 1. The molecule has 0 saturated carbocycles. The summed E-state index contributed by atoms with van der Waals surface area (Å²) < 4.78 is 1.43. The van der Waals surface area contributed by atoms with Crippen molar-refractivity contribution in [2.24, 2.45) is 7.05 Å². The number of rotatable bonds is 6. The summed E-state index contributed by atoms with van der Waals surface area (Å²) in [5.74, 6) is -0.139. The summed E-state index contributed by atoms with van der Waals surface area (Å²) in [6.45, 7) is 0.0182. The van der Waals surface area contributed by atoms with Gasteiger partial charge in [0.2, 0.25) is 5.91 Å². The van der Waals surface area contributed by atoms with E-state index >= 15 is 0 Å². The lowest BCUT2D eigenvalue weighted by Crippen LogP contribution is -2.26. The van der Waals surface area contributed by atoms with Crippen LogP contribution in [0.5, 0.6) is 0 Å². The highest BCUT2D eigenvalue weighted by molar-refractivity contribution is 5.95. The second-order valence-electron chi connectivity index (χ2n) is 4.73. The van der Waals surface area contributed by atoms with E-state index in [0.29, 0.717) is 5.82 Å². The monoisotopic (exact) mass is 302 g/mol. The molecule has 3 N–H and O–H groups in total. The van der Waals surface area contributed by atoms with Crippen molar-refractivity contribution < 1.29 is 14.7 Å². The quantitative estimate of drug-likeness (QED) is 0.716. The molecule has 0 radical (unpaired) electrons. The molecule has 22 heavy (non-hydrogen) atoms. The summed E-state index contributed by atoms with van der Waals surface area (Å²) in [7, 11) is 1.64. The smallest absolute Gasteiger partial charge is 0.271 e. The Morgan fingerprint density at radius 1 is 1.27 bits per heavy atom. The second-order valence-corrected chi connectivity index (χ2v) is 4.73. The van der Waals surface area contributed by atoms with Crippen LogP contribution in [0.2, 0.25) is 0 Å². The first-order valence-corrected chi connectivity index (χ1v) is 6.87. The number of nitrogens with zero attached hydrogens (tertiary/aromatic N) is 2. The highest BCUT2D eigenvalue weighted by atomic mass is 16.3. The first-order valence-electron chi connectivity index (χ1n) is 6.87. The number of benzene rings is 1. The van der Waals surface area contributed by atoms with Crippen LogP contribution in [0.4, 0.5) is 5.82 Å². The maximum Gasteiger partial charge on any atom is 0.271 e. The minimum Gasteiger partial charge on any atom is -0.395 e. The van der Waals surface area contributed by atoms with E-state index in [1.165, 1.54) is 10.7 Å². The first kappa shape index (κ1) is 15.7. The molecule has 0 aliphatic heterocycles. The van der Waals surface area contributed by atoms with Crippen LogP contribution in [0.3, 0.4) is 0 Å². The normalized spacial score (nSPS) is 10.3. The van der Waals surface area contributed by atoms with Gasteiger partial charge in [0, 0.05) is 19.7 Å². The van der Waals surface area contributed by atoms with Crippen LogP contribution in [-0.4, -0.2) is 39.9 Å². The molecule has 7 heteroatoms. The summed E-state index contributed by atoms with van der Waals surface area (Å²) in [4.78, 5) is 23.7. The molecule has 7 nitrogen and oxygen atoms in total. The van der Waals surface area contributed by atoms with Gasteiger partial charge in [-0.05, 0) is 5.56 Å². The molecule has 2 rings (SSSR count). The maximum atomic E-state index is 12.0. The van der Waals surface area contributed by atoms with Gasteiger partial charge in [-0.25, -0.2) is 0 Å². The molecule has 116 valence electrons. The van der Waals surface area contributed by atoms with Crippen molar-refractivity contribution >= 4 is 17.6 Å². The predicted molar refractivity (Wildman–Crippen MR) is 81.4 cm³/mol. The minimum absolute atomic E-state index is 0.140. The van der Waals surface area contributed by atoms with Gasteiger partial charge in [0.25, 0.3) is 5.91 Å². The van der Waals surface area contributed by atoms with Gasteiger partial charge in [-0.2, -0.15) is 5.10 Å². The van der Waals surface area contributed by atoms with Gasteiger partial charge in [-0.15, -0.1) is 0 Å². The van der Waals surface area contributed by atoms with Crippen molar-refractivity contribution in [2.75, 3.05) is 18.5 Å². The van der Waals surface area contributed by atoms with E-state index in [1.807, 2.05) is 30.3 Å². The molecule has 0 saturated heterocycles. The van der Waals surface area contributed by atoms with Crippen LogP contribution in [0.15, 0.2) is 36.4 Å². The standard InChI is InChI=1S/C15H18N4O3/c1-19-13(10-12(18-19)15(22)16-7-8-20)17-14(21)9-11-5-3-2-4-6-11/h2-6,10,20H,7-9H2,1H3,(H,16,22)(H,17,21). The summed E-state index contributed by atoms with van der Waals surface area (Å²) in [5.41, 5.74) is 1.09. The van der Waals surface area contributed by atoms with Crippen LogP contribution in [0.1, 0.15) is 16.1 Å². The Morgan fingerprint density at radius 2 is 2.00 bits per heavy atom. The molecule has 1 aromatic heterocycles. The van der Waals surface area contributed by atoms with Crippen LogP contribution in [-0.2, 0) is 18.3 Å². The van der Waals surface area contributed by atoms with Crippen LogP contribution >= 0.6 is 0 Å². The molecule has 1 heterocycles. The molecule has 0 aliphatic carbocycles. The zero-order chi connectivity index (χ0) is 15.9. The average Bonchev–Trinajstić information content (AvgIpc) is 2.87. The Bertz CT molecular complexity index is 652. The van der Waals surface area contributed by atoms with Crippen molar-refractivity contribution in [3.05, 3.63) is 47.7 Å². The topological polar surface area (TPSA) is 96.2 Å². The highest BCUT2D eigenvalue weighted by Gasteiger charge is 2.14. The van der Waals surface area contributed by atoms with Crippen molar-refractivity contribution in [3.63, 3.8) is 0 Å². The average molecular weight is 302 g/mol. The van der Waals surface area contributed by atoms with Gasteiger partial charge in [-0.1, -0.05) is 30.3 Å². The summed E-state index contributed by atoms with van der Waals surface area (Å²) >= 11 is 0. The minimum atomic E-state index is -0.395. The molecule has 0 fully saturated rings. The summed E-state index contributed by atoms with van der Waals surface area (Å²) in [5, 5.41) is 17.9. The molecule has 0 spiro atoms. The number of hydrogen-bond donors (Lipinski definition) is 3. The number of hydrogen-bond acceptors (Lipinski definition) is 4.